The number of hydrogen-bond donors (Lipinski definition) is 1. The molecule has 7 heteroatoms. The van der Waals surface area contributed by atoms with Crippen LogP contribution in [-0.4, -0.2) is 30.5 Å². The van der Waals surface area contributed by atoms with E-state index in [1.807, 2.05) is 6.92 Å². The Hall–Kier alpha value is -1.73. The molecule has 1 aliphatic heterocycles. The maximum atomic E-state index is 13.6. The van der Waals surface area contributed by atoms with Crippen molar-refractivity contribution < 1.29 is 18.8 Å². The summed E-state index contributed by atoms with van der Waals surface area (Å²) in [7, 11) is 0. The lowest BCUT2D eigenvalue weighted by Gasteiger charge is -2.22. The third-order valence-electron chi connectivity index (χ3n) is 2.96. The highest BCUT2D eigenvalue weighted by Gasteiger charge is 2.30. The summed E-state index contributed by atoms with van der Waals surface area (Å²) in [6, 6.07) is 3.51. The van der Waals surface area contributed by atoms with E-state index in [9.17, 15) is 14.5 Å². The normalized spacial score (nSPS) is 17.4. The van der Waals surface area contributed by atoms with Gasteiger partial charge in [-0.3, -0.25) is 10.1 Å². The summed E-state index contributed by atoms with van der Waals surface area (Å²) >= 11 is 0. The Bertz CT molecular complexity index is 475. The molecule has 0 aromatic heterocycles. The fourth-order valence-electron chi connectivity index (χ4n) is 1.89. The number of nitro groups is 1. The van der Waals surface area contributed by atoms with Gasteiger partial charge in [0, 0.05) is 19.0 Å². The van der Waals surface area contributed by atoms with Gasteiger partial charge in [-0.05, 0) is 13.0 Å². The van der Waals surface area contributed by atoms with E-state index in [2.05, 4.69) is 5.32 Å². The highest BCUT2D eigenvalue weighted by molar-refractivity contribution is 5.50. The van der Waals surface area contributed by atoms with E-state index in [4.69, 9.17) is 9.47 Å². The fraction of sp³-hybridized carbons (Fsp3) is 0.500. The Morgan fingerprint density at radius 3 is 2.74 bits per heavy atom. The van der Waals surface area contributed by atoms with Gasteiger partial charge in [0.25, 0.3) is 5.69 Å². The molecule has 0 unspecified atom stereocenters. The minimum atomic E-state index is -0.646. The Morgan fingerprint density at radius 2 is 2.16 bits per heavy atom. The molecule has 1 aromatic carbocycles. The monoisotopic (exact) mass is 270 g/mol. The van der Waals surface area contributed by atoms with Crippen LogP contribution in [0, 0.1) is 15.9 Å². The van der Waals surface area contributed by atoms with Gasteiger partial charge in [-0.1, -0.05) is 0 Å². The highest BCUT2D eigenvalue weighted by atomic mass is 19.1. The Balaban J connectivity index is 1.91. The first-order chi connectivity index (χ1) is 9.00. The maximum absolute atomic E-state index is 13.6. The van der Waals surface area contributed by atoms with Gasteiger partial charge in [0.1, 0.15) is 0 Å². The number of non-ortho nitro benzene ring substituents is 1. The number of nitrogens with zero attached hydrogens (tertiary/aromatic N) is 1. The molecule has 19 heavy (non-hydrogen) atoms. The smallest absolute Gasteiger partial charge is 0.272 e. The van der Waals surface area contributed by atoms with Crippen molar-refractivity contribution in [2.45, 2.75) is 19.1 Å². The van der Waals surface area contributed by atoms with Crippen LogP contribution in [0.15, 0.2) is 18.2 Å². The third-order valence-corrected chi connectivity index (χ3v) is 2.96. The van der Waals surface area contributed by atoms with Gasteiger partial charge < -0.3 is 14.8 Å². The van der Waals surface area contributed by atoms with Gasteiger partial charge in [-0.15, -0.1) is 0 Å². The number of hydrogen-bond acceptors (Lipinski definition) is 5. The van der Waals surface area contributed by atoms with Crippen molar-refractivity contribution >= 4 is 11.4 Å². The minimum Gasteiger partial charge on any atom is -0.382 e. The summed E-state index contributed by atoms with van der Waals surface area (Å²) in [6.07, 6.45) is 0.559. The molecule has 0 aliphatic carbocycles. The highest BCUT2D eigenvalue weighted by Crippen LogP contribution is 2.24. The first kappa shape index (κ1) is 13.7. The largest absolute Gasteiger partial charge is 0.382 e. The van der Waals surface area contributed by atoms with Gasteiger partial charge >= 0.3 is 0 Å². The Kier molecular flexibility index (Phi) is 3.96. The third kappa shape index (κ3) is 3.39. The number of anilines is 1. The van der Waals surface area contributed by atoms with E-state index >= 15 is 0 Å². The molecule has 0 atom stereocenters. The molecule has 0 radical (unpaired) electrons. The molecule has 2 rings (SSSR count). The van der Waals surface area contributed by atoms with E-state index in [0.29, 0.717) is 26.2 Å². The first-order valence-corrected chi connectivity index (χ1v) is 5.96. The molecule has 0 saturated carbocycles. The van der Waals surface area contributed by atoms with Crippen molar-refractivity contribution in [1.82, 2.24) is 0 Å². The lowest BCUT2D eigenvalue weighted by Crippen LogP contribution is -2.28. The number of benzene rings is 1. The van der Waals surface area contributed by atoms with Crippen LogP contribution in [0.2, 0.25) is 0 Å². The SMILES string of the molecule is CC1(CCNc2ccc([N+](=O)[O-])cc2F)OCCO1. The van der Waals surface area contributed by atoms with Crippen LogP contribution in [0.3, 0.4) is 0 Å². The molecule has 104 valence electrons. The zero-order chi connectivity index (χ0) is 13.9. The number of nitrogens with one attached hydrogen (secondary N) is 1. The van der Waals surface area contributed by atoms with Crippen molar-refractivity contribution in [1.29, 1.82) is 0 Å². The molecule has 1 N–H and O–H groups in total. The average Bonchev–Trinajstić information content (AvgIpc) is 2.78. The Labute approximate surface area is 109 Å². The van der Waals surface area contributed by atoms with Crippen molar-refractivity contribution in [3.63, 3.8) is 0 Å². The summed E-state index contributed by atoms with van der Waals surface area (Å²) in [5.74, 6) is -1.28. The fourth-order valence-corrected chi connectivity index (χ4v) is 1.89. The first-order valence-electron chi connectivity index (χ1n) is 5.96. The quantitative estimate of drug-likeness (QED) is 0.656. The van der Waals surface area contributed by atoms with Gasteiger partial charge in [-0.2, -0.15) is 0 Å². The number of halogens is 1. The topological polar surface area (TPSA) is 73.6 Å². The number of rotatable bonds is 5. The van der Waals surface area contributed by atoms with Gasteiger partial charge in [-0.25, -0.2) is 4.39 Å². The zero-order valence-corrected chi connectivity index (χ0v) is 10.5. The number of nitro benzene ring substituents is 1. The van der Waals surface area contributed by atoms with Gasteiger partial charge in [0.2, 0.25) is 0 Å². The summed E-state index contributed by atoms with van der Waals surface area (Å²) in [4.78, 5) is 9.85. The minimum absolute atomic E-state index is 0.229. The van der Waals surface area contributed by atoms with E-state index in [1.54, 1.807) is 0 Å². The van der Waals surface area contributed by atoms with E-state index < -0.39 is 16.5 Å². The van der Waals surface area contributed by atoms with Crippen LogP contribution in [0.1, 0.15) is 13.3 Å². The lowest BCUT2D eigenvalue weighted by atomic mass is 10.2. The van der Waals surface area contributed by atoms with Crippen molar-refractivity contribution in [3.05, 3.63) is 34.1 Å². The molecule has 0 bridgehead atoms. The molecule has 1 fully saturated rings. The standard InChI is InChI=1S/C12H15FN2O4/c1-12(18-6-7-19-12)4-5-14-11-3-2-9(15(16)17)8-10(11)13/h2-3,8,14H,4-7H2,1H3. The molecule has 0 amide bonds. The van der Waals surface area contributed by atoms with Crippen LogP contribution >= 0.6 is 0 Å². The second-order valence-electron chi connectivity index (χ2n) is 4.43. The molecule has 6 nitrogen and oxygen atoms in total. The van der Waals surface area contributed by atoms with Crippen molar-refractivity contribution in [2.75, 3.05) is 25.1 Å². The second-order valence-corrected chi connectivity index (χ2v) is 4.43. The van der Waals surface area contributed by atoms with Crippen LogP contribution < -0.4 is 5.32 Å². The number of ether oxygens (including phenoxy) is 2. The van der Waals surface area contributed by atoms with E-state index in [-0.39, 0.29) is 11.4 Å². The molecule has 1 aliphatic rings. The second kappa shape index (κ2) is 5.50. The predicted molar refractivity (Wildman–Crippen MR) is 66.5 cm³/mol. The van der Waals surface area contributed by atoms with Crippen LogP contribution in [0.25, 0.3) is 0 Å². The van der Waals surface area contributed by atoms with Gasteiger partial charge in [0.05, 0.1) is 29.9 Å². The van der Waals surface area contributed by atoms with Gasteiger partial charge in [0.15, 0.2) is 11.6 Å². The molecule has 0 spiro atoms. The maximum Gasteiger partial charge on any atom is 0.272 e. The summed E-state index contributed by atoms with van der Waals surface area (Å²) < 4.78 is 24.4. The molecule has 1 saturated heterocycles. The summed E-state index contributed by atoms with van der Waals surface area (Å²) in [6.45, 7) is 3.39. The van der Waals surface area contributed by atoms with Crippen molar-refractivity contribution in [2.24, 2.45) is 0 Å². The zero-order valence-electron chi connectivity index (χ0n) is 10.5. The molecular weight excluding hydrogens is 255 g/mol. The molecular formula is C12H15FN2O4. The van der Waals surface area contributed by atoms with Crippen LogP contribution in [0.4, 0.5) is 15.8 Å². The Morgan fingerprint density at radius 1 is 1.47 bits per heavy atom. The van der Waals surface area contributed by atoms with Crippen LogP contribution in [0.5, 0.6) is 0 Å². The summed E-state index contributed by atoms with van der Waals surface area (Å²) in [5, 5.41) is 13.4. The molecule has 1 heterocycles. The average molecular weight is 270 g/mol. The van der Waals surface area contributed by atoms with Crippen LogP contribution in [-0.2, 0) is 9.47 Å². The lowest BCUT2D eigenvalue weighted by molar-refractivity contribution is -0.385. The molecule has 1 aromatic rings. The predicted octanol–water partition coefficient (Wildman–Crippen LogP) is 2.30. The van der Waals surface area contributed by atoms with Crippen molar-refractivity contribution in [3.8, 4) is 0 Å². The van der Waals surface area contributed by atoms with E-state index in [0.717, 1.165) is 6.07 Å². The summed E-state index contributed by atoms with van der Waals surface area (Å²) in [5.41, 5.74) is -0.0373. The van der Waals surface area contributed by atoms with E-state index in [1.165, 1.54) is 12.1 Å².